The normalized spacial score (nSPS) is 24.5. The maximum Gasteiger partial charge on any atom is 0.329 e. The van der Waals surface area contributed by atoms with Crippen molar-refractivity contribution in [3.8, 4) is 0 Å². The number of likely N-dealkylation sites (N-methyl/N-ethyl adjacent to an activating group) is 1. The summed E-state index contributed by atoms with van der Waals surface area (Å²) in [7, 11) is 3.62. The Kier molecular flexibility index (Phi) is 9.52. The summed E-state index contributed by atoms with van der Waals surface area (Å²) in [5.74, 6) is -0.0169. The van der Waals surface area contributed by atoms with Gasteiger partial charge >= 0.3 is 5.69 Å². The van der Waals surface area contributed by atoms with Gasteiger partial charge in [-0.1, -0.05) is 18.2 Å². The molecule has 0 spiro atoms. The maximum absolute atomic E-state index is 13.9. The molecule has 4 aromatic rings. The number of aryl methyl sites for hydroxylation is 1. The lowest BCUT2D eigenvalue weighted by atomic mass is 10.0. The van der Waals surface area contributed by atoms with Crippen molar-refractivity contribution < 1.29 is 18.8 Å². The molecular weight excluding hydrogens is 760 g/mol. The largest absolute Gasteiger partial charge is 0.379 e. The maximum atomic E-state index is 13.9. The number of imidazole rings is 2. The SMILES string of the molecule is CN1CC=CC=C1n1cccc(NC2(C)C=C(NC3CCN(Cc4ccc5c(c4)n(C)c(=O)n5[C@@H]4CCC(=O)NC4=O)CC3)c3ncc(C(=O)N[C@@H]4C[C@@H]4F)n3N2)c1=O. The summed E-state index contributed by atoms with van der Waals surface area (Å²) in [5, 5.41) is 12.2. The number of likely N-dealkylation sites (tertiary alicyclic amines) is 1. The van der Waals surface area contributed by atoms with E-state index in [9.17, 15) is 28.4 Å². The second-order valence-electron chi connectivity index (χ2n) is 16.3. The predicted octanol–water partition coefficient (Wildman–Crippen LogP) is 1.80. The molecule has 7 heterocycles. The number of nitrogens with one attached hydrogen (secondary N) is 5. The van der Waals surface area contributed by atoms with Gasteiger partial charge in [-0.3, -0.25) is 48.5 Å². The van der Waals surface area contributed by atoms with E-state index in [2.05, 4.69) is 36.6 Å². The fourth-order valence-electron chi connectivity index (χ4n) is 8.52. The zero-order valence-corrected chi connectivity index (χ0v) is 33.1. The van der Waals surface area contributed by atoms with Crippen LogP contribution in [0.25, 0.3) is 22.6 Å². The van der Waals surface area contributed by atoms with Gasteiger partial charge in [0.15, 0.2) is 5.82 Å². The van der Waals surface area contributed by atoms with Crippen LogP contribution in [0.5, 0.6) is 0 Å². The van der Waals surface area contributed by atoms with Gasteiger partial charge in [0.05, 0.1) is 29.0 Å². The number of carbonyl (C=O) groups excluding carboxylic acids is 3. The number of allylic oxidation sites excluding steroid dienone is 2. The summed E-state index contributed by atoms with van der Waals surface area (Å²) in [4.78, 5) is 73.9. The van der Waals surface area contributed by atoms with Crippen LogP contribution in [-0.2, 0) is 23.2 Å². The van der Waals surface area contributed by atoms with Crippen molar-refractivity contribution in [2.75, 3.05) is 37.4 Å². The fourth-order valence-corrected chi connectivity index (χ4v) is 8.52. The number of imide groups is 1. The second kappa shape index (κ2) is 14.7. The molecule has 4 atom stereocenters. The molecule has 18 heteroatoms. The Morgan fingerprint density at radius 1 is 1.07 bits per heavy atom. The molecule has 17 nitrogen and oxygen atoms in total. The molecule has 308 valence electrons. The summed E-state index contributed by atoms with van der Waals surface area (Å²) < 4.78 is 20.0. The zero-order valence-electron chi connectivity index (χ0n) is 33.1. The van der Waals surface area contributed by atoms with Gasteiger partial charge in [0.25, 0.3) is 11.5 Å². The molecule has 5 N–H and O–H groups in total. The average Bonchev–Trinajstić information content (AvgIpc) is 3.63. The van der Waals surface area contributed by atoms with E-state index in [1.165, 1.54) is 10.8 Å². The van der Waals surface area contributed by atoms with Crippen molar-refractivity contribution in [2.24, 2.45) is 7.05 Å². The lowest BCUT2D eigenvalue weighted by molar-refractivity contribution is -0.135. The Labute approximate surface area is 338 Å². The average molecular weight is 807 g/mol. The summed E-state index contributed by atoms with van der Waals surface area (Å²) in [5.41, 5.74) is 5.37. The highest BCUT2D eigenvalue weighted by atomic mass is 19.1. The summed E-state index contributed by atoms with van der Waals surface area (Å²) in [6, 6.07) is 8.17. The van der Waals surface area contributed by atoms with E-state index in [0.717, 1.165) is 42.8 Å². The summed E-state index contributed by atoms with van der Waals surface area (Å²) in [6.07, 6.45) is 12.2. The van der Waals surface area contributed by atoms with Crippen molar-refractivity contribution in [3.63, 3.8) is 0 Å². The highest BCUT2D eigenvalue weighted by Gasteiger charge is 2.41. The highest BCUT2D eigenvalue weighted by Crippen LogP contribution is 2.30. The molecule has 3 amide bonds. The minimum atomic E-state index is -1.07. The predicted molar refractivity (Wildman–Crippen MR) is 219 cm³/mol. The van der Waals surface area contributed by atoms with Crippen LogP contribution in [0, 0.1) is 0 Å². The van der Waals surface area contributed by atoms with Gasteiger partial charge in [0.2, 0.25) is 11.8 Å². The topological polar surface area (TPSA) is 185 Å². The number of rotatable bonds is 10. The van der Waals surface area contributed by atoms with E-state index >= 15 is 0 Å². The minimum Gasteiger partial charge on any atom is -0.379 e. The lowest BCUT2D eigenvalue weighted by Gasteiger charge is -2.38. The zero-order chi connectivity index (χ0) is 41.2. The second-order valence-corrected chi connectivity index (χ2v) is 16.3. The lowest BCUT2D eigenvalue weighted by Crippen LogP contribution is -2.52. The number of hydrogen-bond acceptors (Lipinski definition) is 11. The van der Waals surface area contributed by atoms with E-state index in [1.807, 2.05) is 61.4 Å². The van der Waals surface area contributed by atoms with Gasteiger partial charge in [-0.15, -0.1) is 0 Å². The van der Waals surface area contributed by atoms with Gasteiger partial charge in [-0.25, -0.2) is 18.8 Å². The number of hydrogen-bond donors (Lipinski definition) is 5. The van der Waals surface area contributed by atoms with Crippen LogP contribution in [-0.4, -0.2) is 101 Å². The monoisotopic (exact) mass is 806 g/mol. The van der Waals surface area contributed by atoms with Crippen molar-refractivity contribution in [1.82, 2.24) is 49.1 Å². The molecule has 1 aromatic carbocycles. The van der Waals surface area contributed by atoms with Crippen LogP contribution < -0.4 is 37.9 Å². The van der Waals surface area contributed by atoms with Crippen molar-refractivity contribution in [1.29, 1.82) is 0 Å². The molecule has 1 aliphatic carbocycles. The van der Waals surface area contributed by atoms with Crippen LogP contribution in [0.4, 0.5) is 10.1 Å². The first kappa shape index (κ1) is 38.1. The summed E-state index contributed by atoms with van der Waals surface area (Å²) >= 11 is 0. The molecule has 59 heavy (non-hydrogen) atoms. The number of carbonyl (C=O) groups is 3. The Balaban J connectivity index is 0.926. The molecule has 9 rings (SSSR count). The van der Waals surface area contributed by atoms with E-state index in [-0.39, 0.29) is 48.2 Å². The van der Waals surface area contributed by atoms with Crippen LogP contribution in [0.3, 0.4) is 0 Å². The Bertz CT molecular complexity index is 2590. The van der Waals surface area contributed by atoms with Crippen LogP contribution in [0.15, 0.2) is 76.6 Å². The molecular formula is C41H47FN12O5. The van der Waals surface area contributed by atoms with Crippen molar-refractivity contribution >= 4 is 46.0 Å². The number of nitrogens with zero attached hydrogens (tertiary/aromatic N) is 7. The Morgan fingerprint density at radius 2 is 1.86 bits per heavy atom. The van der Waals surface area contributed by atoms with E-state index < -0.39 is 35.7 Å². The third-order valence-corrected chi connectivity index (χ3v) is 11.8. The van der Waals surface area contributed by atoms with Gasteiger partial charge in [0, 0.05) is 65.4 Å². The molecule has 5 aliphatic rings. The van der Waals surface area contributed by atoms with Gasteiger partial charge in [0.1, 0.15) is 35.1 Å². The number of fused-ring (bicyclic) bond motifs is 2. The van der Waals surface area contributed by atoms with Crippen LogP contribution in [0.2, 0.25) is 0 Å². The standard InChI is InChI=1S/C41H47FN12O5/c1-41(47-27-7-6-16-52(39(27)58)35-8-4-5-15-49(35)2)21-29(36-43-22-33(54(36)48-41)38(57)45-28-20-26(28)42)44-25-13-17-51(18-14-25)23-24-9-10-30-32(19-24)50(3)40(59)53(30)31-11-12-34(55)46-37(31)56/h4-10,16,19,21-22,25-26,28,31,44,47-48H,11-15,17-18,20,23H2,1-3H3,(H,45,57)(H,46,55,56)/t26-,28+,31+,41?/m0/s1. The van der Waals surface area contributed by atoms with Gasteiger partial charge in [-0.2, -0.15) is 0 Å². The number of aromatic nitrogens is 5. The highest BCUT2D eigenvalue weighted by molar-refractivity contribution is 6.00. The molecule has 0 bridgehead atoms. The molecule has 0 radical (unpaired) electrons. The smallest absolute Gasteiger partial charge is 0.329 e. The first-order valence-electron chi connectivity index (χ1n) is 20.0. The van der Waals surface area contributed by atoms with E-state index in [0.29, 0.717) is 35.8 Å². The number of amides is 3. The fraction of sp³-hybridized carbons (Fsp3) is 0.415. The molecule has 1 saturated carbocycles. The first-order chi connectivity index (χ1) is 28.4. The molecule has 3 aromatic heterocycles. The number of piperidine rings is 2. The Morgan fingerprint density at radius 3 is 2.61 bits per heavy atom. The van der Waals surface area contributed by atoms with Crippen LogP contribution >= 0.6 is 0 Å². The molecule has 4 aliphatic heterocycles. The van der Waals surface area contributed by atoms with Gasteiger partial charge in [-0.05, 0) is 68.2 Å². The van der Waals surface area contributed by atoms with Gasteiger partial charge < -0.3 is 20.9 Å². The number of anilines is 1. The first-order valence-corrected chi connectivity index (χ1v) is 20.0. The van der Waals surface area contributed by atoms with Crippen LogP contribution in [0.1, 0.15) is 66.9 Å². The number of halogens is 1. The quantitative estimate of drug-likeness (QED) is 0.147. The minimum absolute atomic E-state index is 0.0580. The number of pyridine rings is 1. The number of alkyl halides is 1. The molecule has 2 saturated heterocycles. The molecule has 1 unspecified atom stereocenters. The summed E-state index contributed by atoms with van der Waals surface area (Å²) in [6.45, 7) is 4.77. The van der Waals surface area contributed by atoms with Crippen molar-refractivity contribution in [3.05, 3.63) is 105 Å². The Hall–Kier alpha value is -6.43. The van der Waals surface area contributed by atoms with E-state index in [4.69, 9.17) is 0 Å². The third kappa shape index (κ3) is 7.21. The number of benzene rings is 1. The molecule has 3 fully saturated rings. The van der Waals surface area contributed by atoms with E-state index in [1.54, 1.807) is 39.2 Å². The van der Waals surface area contributed by atoms with Crippen molar-refractivity contribution in [2.45, 2.75) is 75.5 Å². The third-order valence-electron chi connectivity index (χ3n) is 11.8.